The Balaban J connectivity index is 1.75. The second-order valence-electron chi connectivity index (χ2n) is 5.96. The molecule has 2 aromatic rings. The first-order valence-corrected chi connectivity index (χ1v) is 8.47. The minimum atomic E-state index is -0.0483. The van der Waals surface area contributed by atoms with E-state index in [1.807, 2.05) is 62.4 Å². The van der Waals surface area contributed by atoms with Gasteiger partial charge in [-0.3, -0.25) is 4.79 Å². The van der Waals surface area contributed by atoms with Gasteiger partial charge < -0.3 is 20.1 Å². The van der Waals surface area contributed by atoms with E-state index in [9.17, 15) is 4.79 Å². The third kappa shape index (κ3) is 6.37. The van der Waals surface area contributed by atoms with Crippen LogP contribution >= 0.6 is 0 Å². The minimum absolute atomic E-state index is 0.0483. The maximum atomic E-state index is 12.0. The number of ether oxygens (including phenoxy) is 2. The lowest BCUT2D eigenvalue weighted by atomic mass is 10.1. The average Bonchev–Trinajstić information content (AvgIpc) is 2.61. The summed E-state index contributed by atoms with van der Waals surface area (Å²) >= 11 is 0. The van der Waals surface area contributed by atoms with Crippen LogP contribution < -0.4 is 20.1 Å². The van der Waals surface area contributed by atoms with E-state index in [4.69, 9.17) is 9.47 Å². The monoisotopic (exact) mass is 342 g/mol. The Hall–Kier alpha value is -2.69. The Morgan fingerprint density at radius 3 is 2.48 bits per heavy atom. The normalized spacial score (nSPS) is 10.4. The fourth-order valence-corrected chi connectivity index (χ4v) is 2.35. The Bertz CT molecular complexity index is 669. The fraction of sp³-hybridized carbons (Fsp3) is 0.350. The first-order valence-electron chi connectivity index (χ1n) is 8.47. The van der Waals surface area contributed by atoms with E-state index >= 15 is 0 Å². The summed E-state index contributed by atoms with van der Waals surface area (Å²) in [5.41, 5.74) is 1.98. The van der Waals surface area contributed by atoms with E-state index in [1.165, 1.54) is 0 Å². The molecule has 1 amide bonds. The molecule has 0 aliphatic heterocycles. The van der Waals surface area contributed by atoms with Crippen LogP contribution in [0.25, 0.3) is 0 Å². The molecule has 134 valence electrons. The quantitative estimate of drug-likeness (QED) is 0.734. The molecule has 5 heteroatoms. The van der Waals surface area contributed by atoms with Crippen LogP contribution in [0.4, 0.5) is 5.69 Å². The largest absolute Gasteiger partial charge is 0.497 e. The Morgan fingerprint density at radius 1 is 1.08 bits per heavy atom. The average molecular weight is 342 g/mol. The van der Waals surface area contributed by atoms with Crippen LogP contribution in [0.15, 0.2) is 48.5 Å². The van der Waals surface area contributed by atoms with Gasteiger partial charge in [0.15, 0.2) is 0 Å². The lowest BCUT2D eigenvalue weighted by Gasteiger charge is -2.15. The summed E-state index contributed by atoms with van der Waals surface area (Å²) in [5.74, 6) is 1.54. The van der Waals surface area contributed by atoms with Crippen molar-refractivity contribution in [2.24, 2.45) is 0 Å². The zero-order valence-corrected chi connectivity index (χ0v) is 15.0. The van der Waals surface area contributed by atoms with E-state index in [-0.39, 0.29) is 18.6 Å². The number of anilines is 1. The Kier molecular flexibility index (Phi) is 7.14. The predicted octanol–water partition coefficient (Wildman–Crippen LogP) is 3.25. The number of nitrogens with one attached hydrogen (secondary N) is 2. The van der Waals surface area contributed by atoms with Gasteiger partial charge >= 0.3 is 0 Å². The predicted molar refractivity (Wildman–Crippen MR) is 100 cm³/mol. The highest BCUT2D eigenvalue weighted by Gasteiger charge is 2.07. The van der Waals surface area contributed by atoms with Crippen molar-refractivity contribution in [3.8, 4) is 11.5 Å². The fourth-order valence-electron chi connectivity index (χ4n) is 2.35. The van der Waals surface area contributed by atoms with Gasteiger partial charge in [-0.25, -0.2) is 0 Å². The van der Waals surface area contributed by atoms with Gasteiger partial charge in [0, 0.05) is 6.54 Å². The second kappa shape index (κ2) is 9.57. The molecule has 0 aliphatic carbocycles. The summed E-state index contributed by atoms with van der Waals surface area (Å²) in [6.07, 6.45) is 0.865. The molecule has 2 aromatic carbocycles. The third-order valence-electron chi connectivity index (χ3n) is 3.58. The standard InChI is InChI=1S/C20H26N2O3/c1-15(2)25-19-7-5-4-6-18(19)22-14-20(23)21-13-12-16-8-10-17(24-3)11-9-16/h4-11,15,22H,12-14H2,1-3H3,(H,21,23). The molecule has 0 saturated carbocycles. The summed E-state index contributed by atoms with van der Waals surface area (Å²) in [4.78, 5) is 12.0. The number of carbonyl (C=O) groups excluding carboxylic acids is 1. The number of hydrogen-bond donors (Lipinski definition) is 2. The van der Waals surface area contributed by atoms with Crippen LogP contribution in [-0.2, 0) is 11.2 Å². The van der Waals surface area contributed by atoms with Crippen molar-refractivity contribution in [1.29, 1.82) is 0 Å². The summed E-state index contributed by atoms with van der Waals surface area (Å²) in [5, 5.41) is 6.05. The van der Waals surface area contributed by atoms with Gasteiger partial charge in [-0.15, -0.1) is 0 Å². The number of methoxy groups -OCH3 is 1. The summed E-state index contributed by atoms with van der Waals surface area (Å²) in [6.45, 7) is 4.75. The van der Waals surface area contributed by atoms with Gasteiger partial charge in [-0.05, 0) is 50.1 Å². The topological polar surface area (TPSA) is 59.6 Å². The smallest absolute Gasteiger partial charge is 0.239 e. The summed E-state index contributed by atoms with van der Waals surface area (Å²) in [7, 11) is 1.65. The molecule has 0 bridgehead atoms. The second-order valence-corrected chi connectivity index (χ2v) is 5.96. The zero-order chi connectivity index (χ0) is 18.1. The SMILES string of the molecule is COc1ccc(CCNC(=O)CNc2ccccc2OC(C)C)cc1. The maximum absolute atomic E-state index is 12.0. The molecule has 0 unspecified atom stereocenters. The third-order valence-corrected chi connectivity index (χ3v) is 3.58. The van der Waals surface area contributed by atoms with Crippen molar-refractivity contribution in [3.63, 3.8) is 0 Å². The van der Waals surface area contributed by atoms with Gasteiger partial charge in [0.25, 0.3) is 0 Å². The summed E-state index contributed by atoms with van der Waals surface area (Å²) in [6, 6.07) is 15.5. The molecule has 0 heterocycles. The highest BCUT2D eigenvalue weighted by Crippen LogP contribution is 2.24. The van der Waals surface area contributed by atoms with E-state index in [0.717, 1.165) is 29.2 Å². The molecular formula is C20H26N2O3. The molecule has 0 atom stereocenters. The maximum Gasteiger partial charge on any atom is 0.239 e. The van der Waals surface area contributed by atoms with E-state index in [1.54, 1.807) is 7.11 Å². The van der Waals surface area contributed by atoms with Crippen molar-refractivity contribution in [1.82, 2.24) is 5.32 Å². The number of carbonyl (C=O) groups is 1. The highest BCUT2D eigenvalue weighted by atomic mass is 16.5. The van der Waals surface area contributed by atoms with Crippen LogP contribution in [0.1, 0.15) is 19.4 Å². The molecule has 0 fully saturated rings. The molecule has 0 saturated heterocycles. The van der Waals surface area contributed by atoms with E-state index in [0.29, 0.717) is 6.54 Å². The van der Waals surface area contributed by atoms with Crippen LogP contribution in [0, 0.1) is 0 Å². The Labute approximate surface area is 149 Å². The molecular weight excluding hydrogens is 316 g/mol. The lowest BCUT2D eigenvalue weighted by molar-refractivity contribution is -0.119. The number of hydrogen-bond acceptors (Lipinski definition) is 4. The van der Waals surface area contributed by atoms with Crippen molar-refractivity contribution in [2.45, 2.75) is 26.4 Å². The van der Waals surface area contributed by atoms with Gasteiger partial charge in [-0.1, -0.05) is 24.3 Å². The minimum Gasteiger partial charge on any atom is -0.497 e. The molecule has 2 rings (SSSR count). The molecule has 0 aliphatic rings. The van der Waals surface area contributed by atoms with Gasteiger partial charge in [-0.2, -0.15) is 0 Å². The van der Waals surface area contributed by atoms with Crippen molar-refractivity contribution in [3.05, 3.63) is 54.1 Å². The van der Waals surface area contributed by atoms with Crippen molar-refractivity contribution in [2.75, 3.05) is 25.5 Å². The zero-order valence-electron chi connectivity index (χ0n) is 15.0. The molecule has 5 nitrogen and oxygen atoms in total. The molecule has 0 radical (unpaired) electrons. The van der Waals surface area contributed by atoms with Crippen LogP contribution in [-0.4, -0.2) is 32.2 Å². The lowest BCUT2D eigenvalue weighted by Crippen LogP contribution is -2.31. The number of amides is 1. The molecule has 0 aromatic heterocycles. The van der Waals surface area contributed by atoms with Gasteiger partial charge in [0.05, 0.1) is 25.4 Å². The number of rotatable bonds is 9. The Morgan fingerprint density at radius 2 is 1.80 bits per heavy atom. The first-order chi connectivity index (χ1) is 12.1. The number of benzene rings is 2. The molecule has 2 N–H and O–H groups in total. The van der Waals surface area contributed by atoms with Gasteiger partial charge in [0.1, 0.15) is 11.5 Å². The molecule has 25 heavy (non-hydrogen) atoms. The highest BCUT2D eigenvalue weighted by molar-refractivity contribution is 5.81. The van der Waals surface area contributed by atoms with Crippen molar-refractivity contribution < 1.29 is 14.3 Å². The summed E-state index contributed by atoms with van der Waals surface area (Å²) < 4.78 is 10.9. The molecule has 0 spiro atoms. The van der Waals surface area contributed by atoms with Crippen LogP contribution in [0.5, 0.6) is 11.5 Å². The van der Waals surface area contributed by atoms with Gasteiger partial charge in [0.2, 0.25) is 5.91 Å². The van der Waals surface area contributed by atoms with Crippen molar-refractivity contribution >= 4 is 11.6 Å². The van der Waals surface area contributed by atoms with E-state index in [2.05, 4.69) is 10.6 Å². The number of para-hydroxylation sites is 2. The van der Waals surface area contributed by atoms with Crippen LogP contribution in [0.2, 0.25) is 0 Å². The van der Waals surface area contributed by atoms with E-state index < -0.39 is 0 Å². The van der Waals surface area contributed by atoms with Crippen LogP contribution in [0.3, 0.4) is 0 Å². The first kappa shape index (κ1) is 18.6.